The number of carbonyl (C=O) groups excluding carboxylic acids is 9. The van der Waals surface area contributed by atoms with E-state index >= 15 is 0 Å². The van der Waals surface area contributed by atoms with Gasteiger partial charge in [-0.05, 0) is 63.3 Å². The van der Waals surface area contributed by atoms with E-state index in [4.69, 9.17) is 40.1 Å². The summed E-state index contributed by atoms with van der Waals surface area (Å²) in [4.78, 5) is 136. The van der Waals surface area contributed by atoms with Crippen LogP contribution in [0.4, 0.5) is 0 Å². The number of nitrogens with zero attached hydrogens (tertiary/aromatic N) is 2. The zero-order valence-corrected chi connectivity index (χ0v) is 38.7. The first kappa shape index (κ1) is 60.2. The van der Waals surface area contributed by atoms with Gasteiger partial charge in [-0.15, -0.1) is 0 Å². The van der Waals surface area contributed by atoms with E-state index in [1.165, 1.54) is 0 Å². The molecule has 9 amide bonds. The van der Waals surface area contributed by atoms with Gasteiger partial charge in [0.15, 0.2) is 11.9 Å². The van der Waals surface area contributed by atoms with Gasteiger partial charge in [0.25, 0.3) is 0 Å². The van der Waals surface area contributed by atoms with Crippen LogP contribution in [-0.2, 0) is 47.9 Å². The van der Waals surface area contributed by atoms with Crippen LogP contribution in [0.25, 0.3) is 0 Å². The molecule has 23 N–H and O–H groups in total. The number of carboxylic acids is 1. The van der Waals surface area contributed by atoms with Crippen LogP contribution in [-0.4, -0.2) is 152 Å². The minimum absolute atomic E-state index is 0.00375. The molecular formula is C39H73N17O11. The number of amides is 9. The number of carboxylic acid groups (broad SMARTS) is 1. The highest BCUT2D eigenvalue weighted by Gasteiger charge is 2.34. The van der Waals surface area contributed by atoms with E-state index < -0.39 is 133 Å². The van der Waals surface area contributed by atoms with Crippen molar-refractivity contribution in [3.63, 3.8) is 0 Å². The Balaban J connectivity index is 5.81. The van der Waals surface area contributed by atoms with E-state index in [-0.39, 0.29) is 57.2 Å². The van der Waals surface area contributed by atoms with Gasteiger partial charge in [-0.3, -0.25) is 53.1 Å². The first-order valence-electron chi connectivity index (χ1n) is 21.8. The number of primary amides is 1. The summed E-state index contributed by atoms with van der Waals surface area (Å²) in [5.74, 6) is -10.3. The molecule has 0 aliphatic carbocycles. The smallest absolute Gasteiger partial charge is 0.326 e. The Bertz CT molecular complexity index is 1740. The van der Waals surface area contributed by atoms with E-state index in [2.05, 4.69) is 52.5 Å². The minimum Gasteiger partial charge on any atom is -0.480 e. The van der Waals surface area contributed by atoms with Crippen molar-refractivity contribution in [3.05, 3.63) is 0 Å². The molecule has 0 radical (unpaired) electrons. The van der Waals surface area contributed by atoms with Crippen LogP contribution in [0, 0.1) is 11.8 Å². The molecular weight excluding hydrogens is 883 g/mol. The number of aliphatic imine (C=N–C) groups is 2. The summed E-state index contributed by atoms with van der Waals surface area (Å²) in [7, 11) is 0. The minimum atomic E-state index is -1.65. The number of rotatable bonds is 34. The molecule has 0 saturated carbocycles. The summed E-state index contributed by atoms with van der Waals surface area (Å²) in [5, 5.41) is 29.1. The summed E-state index contributed by atoms with van der Waals surface area (Å²) in [6.45, 7) is 5.38. The average molecular weight is 956 g/mol. The topological polar surface area (TPSA) is 494 Å². The van der Waals surface area contributed by atoms with Gasteiger partial charge in [0.1, 0.15) is 36.3 Å². The van der Waals surface area contributed by atoms with Crippen molar-refractivity contribution in [1.29, 1.82) is 0 Å². The average Bonchev–Trinajstić information content (AvgIpc) is 3.25. The lowest BCUT2D eigenvalue weighted by Gasteiger charge is -2.27. The number of carbonyl (C=O) groups is 10. The Morgan fingerprint density at radius 2 is 1.00 bits per heavy atom. The maximum atomic E-state index is 13.6. The van der Waals surface area contributed by atoms with Crippen molar-refractivity contribution in [2.75, 3.05) is 39.3 Å². The van der Waals surface area contributed by atoms with E-state index in [1.54, 1.807) is 27.7 Å². The van der Waals surface area contributed by atoms with Crippen molar-refractivity contribution in [2.45, 2.75) is 122 Å². The van der Waals surface area contributed by atoms with Gasteiger partial charge in [-0.25, -0.2) is 4.79 Å². The second-order valence-corrected chi connectivity index (χ2v) is 15.9. The first-order valence-corrected chi connectivity index (χ1v) is 21.8. The predicted octanol–water partition coefficient (Wildman–Crippen LogP) is -7.02. The number of unbranched alkanes of at least 4 members (excludes halogenated alkanes) is 1. The van der Waals surface area contributed by atoms with Gasteiger partial charge in [0.05, 0.1) is 26.1 Å². The summed E-state index contributed by atoms with van der Waals surface area (Å²) in [5.41, 5.74) is 37.7. The van der Waals surface area contributed by atoms with Gasteiger partial charge >= 0.3 is 5.97 Å². The summed E-state index contributed by atoms with van der Waals surface area (Å²) >= 11 is 0. The molecule has 0 fully saturated rings. The lowest BCUT2D eigenvalue weighted by Crippen LogP contribution is -2.59. The fourth-order valence-corrected chi connectivity index (χ4v) is 6.00. The fraction of sp³-hybridized carbons (Fsp3) is 0.692. The molecule has 67 heavy (non-hydrogen) atoms. The number of guanidine groups is 2. The molecule has 0 saturated heterocycles. The Hall–Kier alpha value is -6.84. The third-order valence-electron chi connectivity index (χ3n) is 9.89. The molecule has 28 heteroatoms. The van der Waals surface area contributed by atoms with Crippen LogP contribution in [0.1, 0.15) is 85.5 Å². The fourth-order valence-electron chi connectivity index (χ4n) is 6.00. The Morgan fingerprint density at radius 1 is 0.522 bits per heavy atom. The van der Waals surface area contributed by atoms with Crippen LogP contribution in [0.2, 0.25) is 0 Å². The van der Waals surface area contributed by atoms with E-state index in [9.17, 15) is 53.1 Å². The third-order valence-corrected chi connectivity index (χ3v) is 9.89. The summed E-state index contributed by atoms with van der Waals surface area (Å²) < 4.78 is 0. The van der Waals surface area contributed by atoms with Crippen LogP contribution >= 0.6 is 0 Å². The largest absolute Gasteiger partial charge is 0.480 e. The molecule has 0 aromatic heterocycles. The number of nitrogens with one attached hydrogen (secondary N) is 8. The van der Waals surface area contributed by atoms with E-state index in [1.807, 2.05) is 0 Å². The van der Waals surface area contributed by atoms with Crippen molar-refractivity contribution in [2.24, 2.45) is 62.0 Å². The number of hydrogen-bond acceptors (Lipinski definition) is 14. The molecule has 0 bridgehead atoms. The SMILES string of the molecule is CC[C@H](C)[C@H](NC(=O)[C@H](CCCN=C(N)N)NC(=O)CN)C(=O)NCC(=O)NCC(=O)N[C@@H](CCCCN)C(=O)N[C@@H](CC(N)=O)C(=O)N[C@H](C(=O)N[C@@H](CCCN=C(N)N)C(=O)O)C(C)C. The van der Waals surface area contributed by atoms with Crippen LogP contribution < -0.4 is 82.7 Å². The normalized spacial score (nSPS) is 13.9. The molecule has 7 atom stereocenters. The predicted molar refractivity (Wildman–Crippen MR) is 245 cm³/mol. The van der Waals surface area contributed by atoms with Crippen LogP contribution in [0.15, 0.2) is 9.98 Å². The molecule has 0 heterocycles. The second kappa shape index (κ2) is 32.8. The lowest BCUT2D eigenvalue weighted by atomic mass is 9.97. The quantitative estimate of drug-likeness (QED) is 0.0162. The highest BCUT2D eigenvalue weighted by atomic mass is 16.4. The monoisotopic (exact) mass is 956 g/mol. The maximum Gasteiger partial charge on any atom is 0.326 e. The molecule has 0 spiro atoms. The number of nitrogens with two attached hydrogens (primary N) is 7. The molecule has 0 aromatic carbocycles. The maximum absolute atomic E-state index is 13.6. The van der Waals surface area contributed by atoms with Gasteiger partial charge < -0.3 is 87.8 Å². The van der Waals surface area contributed by atoms with E-state index in [0.717, 1.165) is 0 Å². The van der Waals surface area contributed by atoms with Gasteiger partial charge in [0.2, 0.25) is 53.2 Å². The molecule has 0 unspecified atom stereocenters. The molecule has 380 valence electrons. The van der Waals surface area contributed by atoms with Gasteiger partial charge in [-0.1, -0.05) is 34.1 Å². The second-order valence-electron chi connectivity index (χ2n) is 15.9. The van der Waals surface area contributed by atoms with Crippen LogP contribution in [0.5, 0.6) is 0 Å². The molecule has 0 aliphatic heterocycles. The van der Waals surface area contributed by atoms with Crippen molar-refractivity contribution in [1.82, 2.24) is 42.5 Å². The highest BCUT2D eigenvalue weighted by Crippen LogP contribution is 2.11. The first-order chi connectivity index (χ1) is 31.5. The van der Waals surface area contributed by atoms with E-state index in [0.29, 0.717) is 25.7 Å². The standard InChI is InChI=1S/C39H73N17O11/c1-5-21(4)31(56-33(62)23(51-27(58)17-41)11-8-14-47-38(43)44)35(64)50-18-28(59)49-19-29(60)52-22(10-6-7-13-40)32(61)54-25(16-26(42)57)34(63)55-30(20(2)3)36(65)53-24(37(66)67)12-9-15-48-39(45)46/h20-25,30-31H,5-19,40-41H2,1-4H3,(H2,42,57)(H,49,59)(H,50,64)(H,51,58)(H,52,60)(H,53,65)(H,54,61)(H,55,63)(H,56,62)(H,66,67)(H4,43,44,47)(H4,45,46,48)/t21-,22-,23-,24-,25-,30-,31-/m0/s1. The van der Waals surface area contributed by atoms with Gasteiger partial charge in [0, 0.05) is 13.1 Å². The molecule has 28 nitrogen and oxygen atoms in total. The van der Waals surface area contributed by atoms with Crippen LogP contribution in [0.3, 0.4) is 0 Å². The summed E-state index contributed by atoms with van der Waals surface area (Å²) in [6.07, 6.45) is 0.987. The highest BCUT2D eigenvalue weighted by molar-refractivity contribution is 5.98. The lowest BCUT2D eigenvalue weighted by molar-refractivity contribution is -0.143. The molecule has 0 aliphatic rings. The van der Waals surface area contributed by atoms with Crippen molar-refractivity contribution in [3.8, 4) is 0 Å². The number of hydrogen-bond donors (Lipinski definition) is 16. The zero-order valence-electron chi connectivity index (χ0n) is 38.7. The van der Waals surface area contributed by atoms with Crippen molar-refractivity contribution < 1.29 is 53.1 Å². The Labute approximate surface area is 389 Å². The Morgan fingerprint density at radius 3 is 1.49 bits per heavy atom. The van der Waals surface area contributed by atoms with Gasteiger partial charge in [-0.2, -0.15) is 0 Å². The van der Waals surface area contributed by atoms with Crippen molar-refractivity contribution >= 4 is 71.1 Å². The Kier molecular flexibility index (Phi) is 29.4. The third kappa shape index (κ3) is 26.0. The zero-order chi connectivity index (χ0) is 51.2. The molecule has 0 rings (SSSR count). The summed E-state index contributed by atoms with van der Waals surface area (Å²) in [6, 6.07) is -7.93. The molecule has 0 aromatic rings. The number of aliphatic carboxylic acids is 1.